The van der Waals surface area contributed by atoms with Gasteiger partial charge in [-0.05, 0) is 54.1 Å². The van der Waals surface area contributed by atoms with Crippen molar-refractivity contribution in [3.8, 4) is 0 Å². The van der Waals surface area contributed by atoms with E-state index in [1.165, 1.54) is 42.4 Å². The fraction of sp³-hybridized carbons (Fsp3) is 0.500. The molecule has 1 aromatic rings. The van der Waals surface area contributed by atoms with Gasteiger partial charge in [0.25, 0.3) is 0 Å². The summed E-state index contributed by atoms with van der Waals surface area (Å²) in [5, 5.41) is 14.0. The predicted octanol–water partition coefficient (Wildman–Crippen LogP) is 5.96. The van der Waals surface area contributed by atoms with Gasteiger partial charge in [0.2, 0.25) is 0 Å². The largest absolute Gasteiger partial charge is 0.388 e. The lowest BCUT2D eigenvalue weighted by atomic mass is 9.97. The SMILES string of the molecule is CCCCCC(O)c1cccc(C2=CCC=C(CNCCCC)C=C2)c1. The van der Waals surface area contributed by atoms with E-state index in [2.05, 4.69) is 61.7 Å². The summed E-state index contributed by atoms with van der Waals surface area (Å²) in [5.74, 6) is 0. The second-order valence-electron chi connectivity index (χ2n) is 7.17. The first-order valence-corrected chi connectivity index (χ1v) is 10.3. The van der Waals surface area contributed by atoms with E-state index in [1.54, 1.807) is 0 Å². The fourth-order valence-corrected chi connectivity index (χ4v) is 3.23. The maximum atomic E-state index is 10.5. The van der Waals surface area contributed by atoms with E-state index in [4.69, 9.17) is 0 Å². The third-order valence-corrected chi connectivity index (χ3v) is 4.92. The Hall–Kier alpha value is -1.64. The van der Waals surface area contributed by atoms with Gasteiger partial charge in [-0.3, -0.25) is 0 Å². The van der Waals surface area contributed by atoms with Gasteiger partial charge in [0, 0.05) is 6.54 Å². The molecule has 1 aliphatic carbocycles. The van der Waals surface area contributed by atoms with Crippen molar-refractivity contribution in [2.24, 2.45) is 0 Å². The molecule has 26 heavy (non-hydrogen) atoms. The summed E-state index contributed by atoms with van der Waals surface area (Å²) < 4.78 is 0. The van der Waals surface area contributed by atoms with Crippen molar-refractivity contribution in [3.05, 3.63) is 65.3 Å². The Morgan fingerprint density at radius 2 is 1.88 bits per heavy atom. The Kier molecular flexibility index (Phi) is 9.44. The van der Waals surface area contributed by atoms with Gasteiger partial charge in [-0.15, -0.1) is 0 Å². The third kappa shape index (κ3) is 6.93. The fourth-order valence-electron chi connectivity index (χ4n) is 3.23. The van der Waals surface area contributed by atoms with Crippen molar-refractivity contribution in [1.29, 1.82) is 0 Å². The molecule has 2 nitrogen and oxygen atoms in total. The average Bonchev–Trinajstić information content (AvgIpc) is 2.91. The van der Waals surface area contributed by atoms with Crippen molar-refractivity contribution in [1.82, 2.24) is 5.32 Å². The van der Waals surface area contributed by atoms with Crippen LogP contribution in [0.2, 0.25) is 0 Å². The molecular weight excluding hydrogens is 318 g/mol. The number of nitrogens with one attached hydrogen (secondary N) is 1. The Balaban J connectivity index is 1.96. The molecule has 1 unspecified atom stereocenters. The molecular formula is C24H35NO. The van der Waals surface area contributed by atoms with E-state index in [0.29, 0.717) is 0 Å². The molecule has 142 valence electrons. The van der Waals surface area contributed by atoms with Crippen LogP contribution in [-0.2, 0) is 0 Å². The number of aliphatic hydroxyl groups excluding tert-OH is 1. The zero-order chi connectivity index (χ0) is 18.6. The highest BCUT2D eigenvalue weighted by molar-refractivity contribution is 5.75. The Morgan fingerprint density at radius 3 is 2.69 bits per heavy atom. The van der Waals surface area contributed by atoms with Crippen molar-refractivity contribution in [3.63, 3.8) is 0 Å². The summed E-state index contributed by atoms with van der Waals surface area (Å²) in [7, 11) is 0. The Labute approximate surface area is 159 Å². The highest BCUT2D eigenvalue weighted by Crippen LogP contribution is 2.26. The topological polar surface area (TPSA) is 32.3 Å². The molecule has 2 N–H and O–H groups in total. The van der Waals surface area contributed by atoms with Crippen LogP contribution >= 0.6 is 0 Å². The van der Waals surface area contributed by atoms with Gasteiger partial charge in [-0.1, -0.05) is 82.0 Å². The van der Waals surface area contributed by atoms with Crippen LogP contribution in [0.4, 0.5) is 0 Å². The quantitative estimate of drug-likeness (QED) is 0.481. The first kappa shape index (κ1) is 20.7. The molecule has 0 saturated carbocycles. The Bertz CT molecular complexity index is 627. The number of hydrogen-bond donors (Lipinski definition) is 2. The van der Waals surface area contributed by atoms with Crippen LogP contribution in [0.5, 0.6) is 0 Å². The first-order valence-electron chi connectivity index (χ1n) is 10.3. The average molecular weight is 354 g/mol. The van der Waals surface area contributed by atoms with Crippen LogP contribution in [0.3, 0.4) is 0 Å². The van der Waals surface area contributed by atoms with Crippen molar-refractivity contribution in [2.75, 3.05) is 13.1 Å². The molecule has 0 bridgehead atoms. The maximum Gasteiger partial charge on any atom is 0.0790 e. The zero-order valence-electron chi connectivity index (χ0n) is 16.5. The van der Waals surface area contributed by atoms with Gasteiger partial charge in [0.15, 0.2) is 0 Å². The summed E-state index contributed by atoms with van der Waals surface area (Å²) in [6.45, 7) is 6.44. The second-order valence-corrected chi connectivity index (χ2v) is 7.17. The molecule has 0 fully saturated rings. The van der Waals surface area contributed by atoms with E-state index in [9.17, 15) is 5.11 Å². The second kappa shape index (κ2) is 11.9. The minimum absolute atomic E-state index is 0.353. The minimum atomic E-state index is -0.353. The smallest absolute Gasteiger partial charge is 0.0790 e. The van der Waals surface area contributed by atoms with E-state index >= 15 is 0 Å². The van der Waals surface area contributed by atoms with Crippen LogP contribution in [0.1, 0.15) is 76.0 Å². The summed E-state index contributed by atoms with van der Waals surface area (Å²) in [6, 6.07) is 8.40. The molecule has 0 aromatic heterocycles. The van der Waals surface area contributed by atoms with Gasteiger partial charge in [0.05, 0.1) is 6.10 Å². The highest BCUT2D eigenvalue weighted by atomic mass is 16.3. The van der Waals surface area contributed by atoms with Crippen LogP contribution < -0.4 is 5.32 Å². The number of benzene rings is 1. The molecule has 0 saturated heterocycles. The van der Waals surface area contributed by atoms with Crippen molar-refractivity contribution < 1.29 is 5.11 Å². The van der Waals surface area contributed by atoms with Crippen LogP contribution in [0, 0.1) is 0 Å². The summed E-state index contributed by atoms with van der Waals surface area (Å²) >= 11 is 0. The molecule has 0 amide bonds. The third-order valence-electron chi connectivity index (χ3n) is 4.92. The molecule has 2 heteroatoms. The van der Waals surface area contributed by atoms with Gasteiger partial charge >= 0.3 is 0 Å². The van der Waals surface area contributed by atoms with E-state index in [1.807, 2.05) is 6.07 Å². The number of aliphatic hydroxyl groups is 1. The lowest BCUT2D eigenvalue weighted by molar-refractivity contribution is 0.163. The van der Waals surface area contributed by atoms with E-state index < -0.39 is 0 Å². The number of allylic oxidation sites excluding steroid dienone is 4. The Morgan fingerprint density at radius 1 is 1.04 bits per heavy atom. The summed E-state index contributed by atoms with van der Waals surface area (Å²) in [4.78, 5) is 0. The molecule has 0 aliphatic heterocycles. The van der Waals surface area contributed by atoms with Crippen LogP contribution in [0.15, 0.2) is 54.1 Å². The molecule has 2 rings (SSSR count). The van der Waals surface area contributed by atoms with Gasteiger partial charge in [-0.25, -0.2) is 0 Å². The molecule has 0 radical (unpaired) electrons. The van der Waals surface area contributed by atoms with Crippen molar-refractivity contribution >= 4 is 5.57 Å². The number of unbranched alkanes of at least 4 members (excludes halogenated alkanes) is 3. The van der Waals surface area contributed by atoms with Crippen LogP contribution in [0.25, 0.3) is 5.57 Å². The van der Waals surface area contributed by atoms with E-state index in [0.717, 1.165) is 37.9 Å². The zero-order valence-corrected chi connectivity index (χ0v) is 16.5. The molecule has 0 spiro atoms. The van der Waals surface area contributed by atoms with Gasteiger partial charge in [-0.2, -0.15) is 0 Å². The minimum Gasteiger partial charge on any atom is -0.388 e. The van der Waals surface area contributed by atoms with Crippen LogP contribution in [-0.4, -0.2) is 18.2 Å². The molecule has 1 aliphatic rings. The van der Waals surface area contributed by atoms with E-state index in [-0.39, 0.29) is 6.10 Å². The summed E-state index contributed by atoms with van der Waals surface area (Å²) in [6.07, 6.45) is 16.4. The van der Waals surface area contributed by atoms with Crippen molar-refractivity contribution in [2.45, 2.75) is 64.9 Å². The number of hydrogen-bond acceptors (Lipinski definition) is 2. The lowest BCUT2D eigenvalue weighted by Crippen LogP contribution is -2.17. The molecule has 0 heterocycles. The van der Waals surface area contributed by atoms with Gasteiger partial charge < -0.3 is 10.4 Å². The first-order chi connectivity index (χ1) is 12.7. The highest BCUT2D eigenvalue weighted by Gasteiger charge is 2.09. The van der Waals surface area contributed by atoms with Gasteiger partial charge in [0.1, 0.15) is 0 Å². The monoisotopic (exact) mass is 353 g/mol. The normalized spacial score (nSPS) is 15.3. The number of rotatable bonds is 11. The summed E-state index contributed by atoms with van der Waals surface area (Å²) in [5.41, 5.74) is 4.82. The molecule has 1 atom stereocenters. The lowest BCUT2D eigenvalue weighted by Gasteiger charge is -2.12. The maximum absolute atomic E-state index is 10.5. The predicted molar refractivity (Wildman–Crippen MR) is 113 cm³/mol. The molecule has 1 aromatic carbocycles. The standard InChI is InChI=1S/C24H35NO/c1-3-5-7-14-24(26)23-13-9-12-22(18-23)21-11-8-10-20(15-16-21)19-25-17-6-4-2/h9-13,15-16,18,24-26H,3-8,14,17,19H2,1-2H3.